The lowest BCUT2D eigenvalue weighted by molar-refractivity contribution is -0.240. The van der Waals surface area contributed by atoms with E-state index in [1.165, 1.54) is 44.9 Å². The molecule has 1 aliphatic heterocycles. The highest BCUT2D eigenvalue weighted by Gasteiger charge is 2.41. The van der Waals surface area contributed by atoms with Gasteiger partial charge < -0.3 is 14.2 Å². The number of carbonyl (C=O) groups excluding carboxylic acids is 1. The standard InChI is InChI=1S/C17H27F3O4/c1-2-3-4-12-5-7-13(8-6-12)14-9-22-15(23-10-14)11-24-16(21)17(18,19)20/h12-15H,2-11H2,1H3. The van der Waals surface area contributed by atoms with Crippen LogP contribution in [-0.4, -0.2) is 38.3 Å². The predicted molar refractivity (Wildman–Crippen MR) is 81.2 cm³/mol. The number of carbonyl (C=O) groups is 1. The van der Waals surface area contributed by atoms with Crippen molar-refractivity contribution in [1.29, 1.82) is 0 Å². The SMILES string of the molecule is CCCCC1CCC(C2COC(COC(=O)C(F)(F)F)OC2)CC1. The molecule has 1 saturated carbocycles. The Balaban J connectivity index is 1.64. The van der Waals surface area contributed by atoms with E-state index >= 15 is 0 Å². The second-order valence-electron chi connectivity index (χ2n) is 6.88. The number of rotatable bonds is 6. The first-order valence-electron chi connectivity index (χ1n) is 8.87. The minimum Gasteiger partial charge on any atom is -0.454 e. The quantitative estimate of drug-likeness (QED) is 0.676. The summed E-state index contributed by atoms with van der Waals surface area (Å²) in [7, 11) is 0. The molecule has 140 valence electrons. The molecular weight excluding hydrogens is 325 g/mol. The van der Waals surface area contributed by atoms with Crippen molar-refractivity contribution in [3.05, 3.63) is 0 Å². The highest BCUT2D eigenvalue weighted by Crippen LogP contribution is 2.37. The van der Waals surface area contributed by atoms with Gasteiger partial charge in [-0.15, -0.1) is 0 Å². The number of alkyl halides is 3. The zero-order valence-electron chi connectivity index (χ0n) is 14.1. The minimum atomic E-state index is -4.98. The van der Waals surface area contributed by atoms with Crippen molar-refractivity contribution in [1.82, 2.24) is 0 Å². The summed E-state index contributed by atoms with van der Waals surface area (Å²) in [4.78, 5) is 10.7. The van der Waals surface area contributed by atoms with E-state index in [-0.39, 0.29) is 5.92 Å². The predicted octanol–water partition coefficient (Wildman–Crippen LogP) is 4.08. The van der Waals surface area contributed by atoms with Gasteiger partial charge in [0.1, 0.15) is 6.61 Å². The molecule has 2 aliphatic rings. The largest absolute Gasteiger partial charge is 0.490 e. The summed E-state index contributed by atoms with van der Waals surface area (Å²) < 4.78 is 51.2. The molecule has 0 aromatic carbocycles. The molecule has 0 spiro atoms. The van der Waals surface area contributed by atoms with Crippen LogP contribution in [0, 0.1) is 17.8 Å². The van der Waals surface area contributed by atoms with Gasteiger partial charge >= 0.3 is 12.1 Å². The summed E-state index contributed by atoms with van der Waals surface area (Å²) in [6.45, 7) is 2.61. The Morgan fingerprint density at radius 1 is 1.08 bits per heavy atom. The van der Waals surface area contributed by atoms with Gasteiger partial charge in [0.15, 0.2) is 6.29 Å². The molecule has 0 N–H and O–H groups in total. The van der Waals surface area contributed by atoms with Gasteiger partial charge in [-0.2, -0.15) is 13.2 Å². The van der Waals surface area contributed by atoms with E-state index in [2.05, 4.69) is 11.7 Å². The molecule has 4 nitrogen and oxygen atoms in total. The van der Waals surface area contributed by atoms with Gasteiger partial charge in [-0.25, -0.2) is 4.79 Å². The highest BCUT2D eigenvalue weighted by molar-refractivity contribution is 5.75. The van der Waals surface area contributed by atoms with Crippen molar-refractivity contribution in [2.24, 2.45) is 17.8 Å². The summed E-state index contributed by atoms with van der Waals surface area (Å²) in [5, 5.41) is 0. The Kier molecular flexibility index (Phi) is 7.34. The van der Waals surface area contributed by atoms with Gasteiger partial charge in [0.05, 0.1) is 13.2 Å². The van der Waals surface area contributed by atoms with E-state index in [1.807, 2.05) is 0 Å². The summed E-state index contributed by atoms with van der Waals surface area (Å²) in [5.74, 6) is -0.531. The van der Waals surface area contributed by atoms with Crippen molar-refractivity contribution < 1.29 is 32.2 Å². The van der Waals surface area contributed by atoms with Crippen LogP contribution in [-0.2, 0) is 19.0 Å². The summed E-state index contributed by atoms with van der Waals surface area (Å²) >= 11 is 0. The molecule has 24 heavy (non-hydrogen) atoms. The maximum absolute atomic E-state index is 12.1. The lowest BCUT2D eigenvalue weighted by Gasteiger charge is -2.37. The van der Waals surface area contributed by atoms with Gasteiger partial charge in [0.2, 0.25) is 0 Å². The number of esters is 1. The Morgan fingerprint density at radius 2 is 1.71 bits per heavy atom. The first-order chi connectivity index (χ1) is 11.4. The molecule has 2 fully saturated rings. The number of unbranched alkanes of at least 4 members (excludes halogenated alkanes) is 1. The van der Waals surface area contributed by atoms with Crippen LogP contribution in [0.25, 0.3) is 0 Å². The van der Waals surface area contributed by atoms with Crippen LogP contribution in [0.4, 0.5) is 13.2 Å². The summed E-state index contributed by atoms with van der Waals surface area (Å²) in [5.41, 5.74) is 0. The average molecular weight is 352 g/mol. The van der Waals surface area contributed by atoms with Gasteiger partial charge in [0.25, 0.3) is 0 Å². The lowest BCUT2D eigenvalue weighted by atomic mass is 9.75. The fourth-order valence-corrected chi connectivity index (χ4v) is 3.59. The third-order valence-electron chi connectivity index (χ3n) is 5.10. The topological polar surface area (TPSA) is 44.8 Å². The molecule has 1 saturated heterocycles. The van der Waals surface area contributed by atoms with Crippen molar-refractivity contribution in [3.8, 4) is 0 Å². The molecular formula is C17H27F3O4. The number of hydrogen-bond acceptors (Lipinski definition) is 4. The van der Waals surface area contributed by atoms with Crippen LogP contribution >= 0.6 is 0 Å². The van der Waals surface area contributed by atoms with E-state index in [1.54, 1.807) is 0 Å². The van der Waals surface area contributed by atoms with E-state index in [0.29, 0.717) is 19.1 Å². The van der Waals surface area contributed by atoms with E-state index in [4.69, 9.17) is 9.47 Å². The average Bonchev–Trinajstić information content (AvgIpc) is 2.58. The number of halogens is 3. The van der Waals surface area contributed by atoms with Crippen LogP contribution in [0.5, 0.6) is 0 Å². The summed E-state index contributed by atoms with van der Waals surface area (Å²) in [6.07, 6.45) is 2.80. The Bertz CT molecular complexity index is 384. The van der Waals surface area contributed by atoms with Gasteiger partial charge in [-0.3, -0.25) is 0 Å². The maximum Gasteiger partial charge on any atom is 0.490 e. The van der Waals surface area contributed by atoms with Crippen molar-refractivity contribution in [3.63, 3.8) is 0 Å². The molecule has 0 amide bonds. The Labute approximate surface area is 141 Å². The van der Waals surface area contributed by atoms with Crippen LogP contribution in [0.3, 0.4) is 0 Å². The molecule has 2 rings (SSSR count). The van der Waals surface area contributed by atoms with Gasteiger partial charge in [0, 0.05) is 5.92 Å². The molecule has 0 atom stereocenters. The van der Waals surface area contributed by atoms with E-state index < -0.39 is 25.0 Å². The zero-order chi connectivity index (χ0) is 17.6. The normalized spacial score (nSPS) is 31.7. The second-order valence-corrected chi connectivity index (χ2v) is 6.88. The Hall–Kier alpha value is -0.820. The first kappa shape index (κ1) is 19.5. The minimum absolute atomic E-state index is 0.284. The highest BCUT2D eigenvalue weighted by atomic mass is 19.4. The van der Waals surface area contributed by atoms with Crippen molar-refractivity contribution in [2.75, 3.05) is 19.8 Å². The smallest absolute Gasteiger partial charge is 0.454 e. The third kappa shape index (κ3) is 5.92. The zero-order valence-corrected chi connectivity index (χ0v) is 14.1. The van der Waals surface area contributed by atoms with Crippen LogP contribution in [0.15, 0.2) is 0 Å². The lowest BCUT2D eigenvalue weighted by Crippen LogP contribution is -2.40. The van der Waals surface area contributed by atoms with Gasteiger partial charge in [-0.05, 0) is 24.7 Å². The molecule has 0 bridgehead atoms. The number of hydrogen-bond donors (Lipinski definition) is 0. The van der Waals surface area contributed by atoms with Gasteiger partial charge in [-0.1, -0.05) is 39.0 Å². The number of ether oxygens (including phenoxy) is 3. The fourth-order valence-electron chi connectivity index (χ4n) is 3.59. The monoisotopic (exact) mass is 352 g/mol. The van der Waals surface area contributed by atoms with Crippen LogP contribution < -0.4 is 0 Å². The molecule has 1 heterocycles. The summed E-state index contributed by atoms with van der Waals surface area (Å²) in [6, 6.07) is 0. The van der Waals surface area contributed by atoms with Crippen molar-refractivity contribution in [2.45, 2.75) is 64.3 Å². The second kappa shape index (κ2) is 9.04. The maximum atomic E-state index is 12.1. The molecule has 7 heteroatoms. The Morgan fingerprint density at radius 3 is 2.25 bits per heavy atom. The molecule has 0 aromatic rings. The molecule has 0 aromatic heterocycles. The molecule has 0 radical (unpaired) electrons. The molecule has 0 unspecified atom stereocenters. The van der Waals surface area contributed by atoms with Crippen LogP contribution in [0.2, 0.25) is 0 Å². The third-order valence-corrected chi connectivity index (χ3v) is 5.10. The fraction of sp³-hybridized carbons (Fsp3) is 0.941. The first-order valence-corrected chi connectivity index (χ1v) is 8.87. The van der Waals surface area contributed by atoms with E-state index in [0.717, 1.165) is 5.92 Å². The molecule has 1 aliphatic carbocycles. The van der Waals surface area contributed by atoms with Crippen molar-refractivity contribution >= 4 is 5.97 Å². The van der Waals surface area contributed by atoms with Crippen LogP contribution in [0.1, 0.15) is 51.9 Å². The van der Waals surface area contributed by atoms with E-state index in [9.17, 15) is 18.0 Å².